The average Bonchev–Trinajstić information content (AvgIpc) is 3.51. The molecule has 1 nitrogen and oxygen atoms in total. The van der Waals surface area contributed by atoms with Gasteiger partial charge < -0.3 is 4.57 Å². The summed E-state index contributed by atoms with van der Waals surface area (Å²) in [4.78, 5) is 0. The minimum Gasteiger partial charge on any atom is -0.309 e. The quantitative estimate of drug-likeness (QED) is 0.172. The van der Waals surface area contributed by atoms with E-state index in [9.17, 15) is 0 Å². The normalized spacial score (nSPS) is 11.7. The van der Waals surface area contributed by atoms with E-state index in [4.69, 9.17) is 0 Å². The van der Waals surface area contributed by atoms with Crippen molar-refractivity contribution < 1.29 is 0 Å². The standard InChI is InChI=1S/C48H31N/c1-2-14-32(15-3-1)35-30-31-44(37-17-5-4-16-36(35)37)48-42-22-8-6-20-40(42)47(41-21-7-9-23-43(41)48)33-26-28-34(29-27-33)49-45-24-12-10-18-38(45)39-19-11-13-25-46(39)49/h1-31H. The molecule has 0 bridgehead atoms. The number of rotatable bonds is 4. The van der Waals surface area contributed by atoms with Crippen LogP contribution in [0.25, 0.3) is 93.2 Å². The molecule has 10 rings (SSSR count). The number of aromatic nitrogens is 1. The molecule has 0 radical (unpaired) electrons. The third-order valence-electron chi connectivity index (χ3n) is 10.2. The minimum atomic E-state index is 1.16. The van der Waals surface area contributed by atoms with Crippen molar-refractivity contribution in [2.75, 3.05) is 0 Å². The maximum Gasteiger partial charge on any atom is 0.0541 e. The van der Waals surface area contributed by atoms with Crippen LogP contribution < -0.4 is 0 Å². The van der Waals surface area contributed by atoms with E-state index in [-0.39, 0.29) is 0 Å². The van der Waals surface area contributed by atoms with Crippen LogP contribution in [0.5, 0.6) is 0 Å². The highest BCUT2D eigenvalue weighted by molar-refractivity contribution is 6.24. The SMILES string of the molecule is c1ccc(-c2ccc(-c3c4ccccc4c(-c4ccc(-n5c6ccccc6c6ccccc65)cc4)c4ccccc34)c3ccccc23)cc1. The molecule has 0 aliphatic heterocycles. The second-order valence-corrected chi connectivity index (χ2v) is 12.8. The molecule has 0 fully saturated rings. The zero-order valence-corrected chi connectivity index (χ0v) is 26.8. The van der Waals surface area contributed by atoms with Gasteiger partial charge in [-0.3, -0.25) is 0 Å². The topological polar surface area (TPSA) is 4.93 Å². The van der Waals surface area contributed by atoms with E-state index in [0.29, 0.717) is 0 Å². The monoisotopic (exact) mass is 621 g/mol. The lowest BCUT2D eigenvalue weighted by molar-refractivity contribution is 1.18. The van der Waals surface area contributed by atoms with Gasteiger partial charge in [0.25, 0.3) is 0 Å². The highest BCUT2D eigenvalue weighted by Crippen LogP contribution is 2.46. The van der Waals surface area contributed by atoms with E-state index in [1.165, 1.54) is 87.5 Å². The summed E-state index contributed by atoms with van der Waals surface area (Å²) in [6.07, 6.45) is 0. The Bertz CT molecular complexity index is 2750. The number of nitrogens with zero attached hydrogens (tertiary/aromatic N) is 1. The summed E-state index contributed by atoms with van der Waals surface area (Å²) < 4.78 is 2.39. The fraction of sp³-hybridized carbons (Fsp3) is 0. The summed E-state index contributed by atoms with van der Waals surface area (Å²) in [5, 5.41) is 10.1. The second kappa shape index (κ2) is 11.1. The number of hydrogen-bond donors (Lipinski definition) is 0. The molecule has 228 valence electrons. The molecule has 0 spiro atoms. The molecule has 1 heterocycles. The van der Waals surface area contributed by atoms with Crippen LogP contribution in [-0.4, -0.2) is 4.57 Å². The van der Waals surface area contributed by atoms with Crippen LogP contribution >= 0.6 is 0 Å². The summed E-state index contributed by atoms with van der Waals surface area (Å²) in [6.45, 7) is 0. The highest BCUT2D eigenvalue weighted by atomic mass is 15.0. The van der Waals surface area contributed by atoms with Crippen LogP contribution in [0.15, 0.2) is 188 Å². The van der Waals surface area contributed by atoms with Gasteiger partial charge in [-0.05, 0) is 90.0 Å². The lowest BCUT2D eigenvalue weighted by atomic mass is 9.84. The first-order chi connectivity index (χ1) is 24.3. The fourth-order valence-corrected chi connectivity index (χ4v) is 8.09. The Morgan fingerprint density at radius 3 is 1.20 bits per heavy atom. The Hall–Kier alpha value is -6.44. The fourth-order valence-electron chi connectivity index (χ4n) is 8.09. The molecule has 0 N–H and O–H groups in total. The smallest absolute Gasteiger partial charge is 0.0541 e. The van der Waals surface area contributed by atoms with Crippen LogP contribution in [0, 0.1) is 0 Å². The summed E-state index contributed by atoms with van der Waals surface area (Å²) in [5.74, 6) is 0. The molecule has 0 saturated carbocycles. The molecule has 0 aliphatic rings. The molecule has 49 heavy (non-hydrogen) atoms. The van der Waals surface area contributed by atoms with Gasteiger partial charge >= 0.3 is 0 Å². The van der Waals surface area contributed by atoms with Gasteiger partial charge in [0.05, 0.1) is 11.0 Å². The highest BCUT2D eigenvalue weighted by Gasteiger charge is 2.19. The molecule has 0 atom stereocenters. The van der Waals surface area contributed by atoms with E-state index in [2.05, 4.69) is 193 Å². The van der Waals surface area contributed by atoms with Crippen molar-refractivity contribution in [3.05, 3.63) is 188 Å². The first-order valence-corrected chi connectivity index (χ1v) is 17.0. The van der Waals surface area contributed by atoms with Gasteiger partial charge in [-0.2, -0.15) is 0 Å². The lowest BCUT2D eigenvalue weighted by Crippen LogP contribution is -1.95. The van der Waals surface area contributed by atoms with Gasteiger partial charge in [0.2, 0.25) is 0 Å². The molecule has 1 heteroatoms. The Kier molecular flexibility index (Phi) is 6.25. The molecular weight excluding hydrogens is 591 g/mol. The van der Waals surface area contributed by atoms with Crippen molar-refractivity contribution in [3.8, 4) is 39.1 Å². The Morgan fingerprint density at radius 2 is 0.653 bits per heavy atom. The van der Waals surface area contributed by atoms with E-state index in [1.54, 1.807) is 0 Å². The number of benzene rings is 9. The summed E-state index contributed by atoms with van der Waals surface area (Å²) in [5.41, 5.74) is 11.1. The molecule has 0 aliphatic carbocycles. The molecule has 1 aromatic heterocycles. The predicted molar refractivity (Wildman–Crippen MR) is 210 cm³/mol. The largest absolute Gasteiger partial charge is 0.309 e. The van der Waals surface area contributed by atoms with Gasteiger partial charge in [-0.25, -0.2) is 0 Å². The van der Waals surface area contributed by atoms with Crippen molar-refractivity contribution >= 4 is 54.1 Å². The van der Waals surface area contributed by atoms with Gasteiger partial charge in [0, 0.05) is 16.5 Å². The molecule has 0 saturated heterocycles. The Labute approximate surface area is 284 Å². The first-order valence-electron chi connectivity index (χ1n) is 17.0. The average molecular weight is 622 g/mol. The molecular formula is C48H31N. The summed E-state index contributed by atoms with van der Waals surface area (Å²) in [6, 6.07) is 68.7. The molecule has 10 aromatic rings. The van der Waals surface area contributed by atoms with Gasteiger partial charge in [0.1, 0.15) is 0 Å². The van der Waals surface area contributed by atoms with Crippen LogP contribution in [0.4, 0.5) is 0 Å². The van der Waals surface area contributed by atoms with E-state index >= 15 is 0 Å². The Balaban J connectivity index is 1.20. The van der Waals surface area contributed by atoms with Gasteiger partial charge in [-0.1, -0.05) is 164 Å². The van der Waals surface area contributed by atoms with Crippen molar-refractivity contribution in [1.29, 1.82) is 0 Å². The maximum absolute atomic E-state index is 2.39. The zero-order valence-electron chi connectivity index (χ0n) is 26.8. The predicted octanol–water partition coefficient (Wildman–Crippen LogP) is 13.2. The van der Waals surface area contributed by atoms with Crippen molar-refractivity contribution in [1.82, 2.24) is 4.57 Å². The number of fused-ring (bicyclic) bond motifs is 6. The van der Waals surface area contributed by atoms with E-state index < -0.39 is 0 Å². The van der Waals surface area contributed by atoms with E-state index in [1.807, 2.05) is 0 Å². The van der Waals surface area contributed by atoms with Crippen molar-refractivity contribution in [2.24, 2.45) is 0 Å². The second-order valence-electron chi connectivity index (χ2n) is 12.8. The van der Waals surface area contributed by atoms with Crippen molar-refractivity contribution in [2.45, 2.75) is 0 Å². The molecule has 0 unspecified atom stereocenters. The zero-order chi connectivity index (χ0) is 32.3. The number of hydrogen-bond acceptors (Lipinski definition) is 0. The van der Waals surface area contributed by atoms with Crippen molar-refractivity contribution in [3.63, 3.8) is 0 Å². The molecule has 9 aromatic carbocycles. The lowest BCUT2D eigenvalue weighted by Gasteiger charge is -2.20. The van der Waals surface area contributed by atoms with Crippen LogP contribution in [0.1, 0.15) is 0 Å². The Morgan fingerprint density at radius 1 is 0.245 bits per heavy atom. The van der Waals surface area contributed by atoms with Gasteiger partial charge in [-0.15, -0.1) is 0 Å². The van der Waals surface area contributed by atoms with Crippen LogP contribution in [0.3, 0.4) is 0 Å². The molecule has 0 amide bonds. The van der Waals surface area contributed by atoms with Gasteiger partial charge in [0.15, 0.2) is 0 Å². The summed E-state index contributed by atoms with van der Waals surface area (Å²) >= 11 is 0. The van der Waals surface area contributed by atoms with E-state index in [0.717, 1.165) is 5.69 Å². The third kappa shape index (κ3) is 4.26. The maximum atomic E-state index is 2.39. The first kappa shape index (κ1) is 27.7. The van der Waals surface area contributed by atoms with Crippen LogP contribution in [-0.2, 0) is 0 Å². The van der Waals surface area contributed by atoms with Crippen LogP contribution in [0.2, 0.25) is 0 Å². The number of para-hydroxylation sites is 2. The third-order valence-corrected chi connectivity index (χ3v) is 10.2. The minimum absolute atomic E-state index is 1.16. The summed E-state index contributed by atoms with van der Waals surface area (Å²) in [7, 11) is 0.